The zero-order valence-corrected chi connectivity index (χ0v) is 11.7. The summed E-state index contributed by atoms with van der Waals surface area (Å²) in [5.74, 6) is 1.44. The van der Waals surface area contributed by atoms with E-state index in [1.54, 1.807) is 19.0 Å². The number of aliphatic imine (C=N–C) groups is 1. The molecule has 17 heavy (non-hydrogen) atoms. The zero-order chi connectivity index (χ0) is 13.3. The molecule has 5 nitrogen and oxygen atoms in total. The Hall–Kier alpha value is -1.26. The summed E-state index contributed by atoms with van der Waals surface area (Å²) in [6.45, 7) is 8.51. The molecule has 1 amide bonds. The molecule has 0 aromatic rings. The number of hydrogen-bond acceptors (Lipinski definition) is 2. The Morgan fingerprint density at radius 2 is 1.94 bits per heavy atom. The molecule has 0 aliphatic carbocycles. The standard InChI is InChI=1S/C12H26N4O/c1-6-13-12(15-9-10(2)3)14-8-7-11(17)16(4)5/h10H,6-9H2,1-5H3,(H2,13,14,15). The third-order valence-corrected chi connectivity index (χ3v) is 2.09. The van der Waals surface area contributed by atoms with Gasteiger partial charge in [0.25, 0.3) is 0 Å². The van der Waals surface area contributed by atoms with E-state index in [9.17, 15) is 4.79 Å². The fraction of sp³-hybridized carbons (Fsp3) is 0.833. The van der Waals surface area contributed by atoms with Gasteiger partial charge in [-0.05, 0) is 12.8 Å². The maximum absolute atomic E-state index is 11.4. The lowest BCUT2D eigenvalue weighted by molar-refractivity contribution is -0.128. The minimum atomic E-state index is 0.122. The first-order valence-electron chi connectivity index (χ1n) is 6.19. The van der Waals surface area contributed by atoms with E-state index in [4.69, 9.17) is 0 Å². The lowest BCUT2D eigenvalue weighted by Crippen LogP contribution is -2.39. The molecule has 0 spiro atoms. The van der Waals surface area contributed by atoms with Crippen molar-refractivity contribution in [2.45, 2.75) is 27.2 Å². The smallest absolute Gasteiger partial charge is 0.223 e. The maximum atomic E-state index is 11.4. The summed E-state index contributed by atoms with van der Waals surface area (Å²) in [5, 5.41) is 6.31. The molecule has 0 bridgehead atoms. The fourth-order valence-corrected chi connectivity index (χ4v) is 1.13. The Kier molecular flexibility index (Phi) is 8.19. The van der Waals surface area contributed by atoms with Gasteiger partial charge in [-0.2, -0.15) is 0 Å². The quantitative estimate of drug-likeness (QED) is 0.532. The molecule has 0 radical (unpaired) electrons. The highest BCUT2D eigenvalue weighted by Gasteiger charge is 2.04. The molecule has 0 aliphatic heterocycles. The number of rotatable bonds is 6. The molecule has 5 heteroatoms. The SMILES string of the molecule is CCNC(=NCC(C)C)NCCC(=O)N(C)C. The molecule has 0 unspecified atom stereocenters. The van der Waals surface area contributed by atoms with Gasteiger partial charge in [-0.3, -0.25) is 9.79 Å². The molecule has 0 heterocycles. The van der Waals surface area contributed by atoms with Gasteiger partial charge in [0.05, 0.1) is 0 Å². The molecule has 0 aromatic carbocycles. The largest absolute Gasteiger partial charge is 0.357 e. The van der Waals surface area contributed by atoms with Crippen molar-refractivity contribution >= 4 is 11.9 Å². The van der Waals surface area contributed by atoms with E-state index < -0.39 is 0 Å². The first kappa shape index (κ1) is 15.7. The molecule has 0 atom stereocenters. The van der Waals surface area contributed by atoms with Gasteiger partial charge in [0.1, 0.15) is 0 Å². The Bertz CT molecular complexity index is 249. The van der Waals surface area contributed by atoms with Crippen LogP contribution >= 0.6 is 0 Å². The van der Waals surface area contributed by atoms with E-state index in [1.807, 2.05) is 6.92 Å². The molecular weight excluding hydrogens is 216 g/mol. The number of carbonyl (C=O) groups excluding carboxylic acids is 1. The lowest BCUT2D eigenvalue weighted by atomic mass is 10.2. The number of nitrogens with zero attached hydrogens (tertiary/aromatic N) is 2. The second kappa shape index (κ2) is 8.84. The highest BCUT2D eigenvalue weighted by Crippen LogP contribution is 1.91. The van der Waals surface area contributed by atoms with E-state index >= 15 is 0 Å². The van der Waals surface area contributed by atoms with E-state index in [1.165, 1.54) is 0 Å². The molecular formula is C12H26N4O. The van der Waals surface area contributed by atoms with Gasteiger partial charge >= 0.3 is 0 Å². The Morgan fingerprint density at radius 1 is 1.29 bits per heavy atom. The van der Waals surface area contributed by atoms with Crippen molar-refractivity contribution in [2.75, 3.05) is 33.7 Å². The molecule has 100 valence electrons. The highest BCUT2D eigenvalue weighted by atomic mass is 16.2. The maximum Gasteiger partial charge on any atom is 0.223 e. The van der Waals surface area contributed by atoms with E-state index in [2.05, 4.69) is 29.5 Å². The predicted molar refractivity (Wildman–Crippen MR) is 72.1 cm³/mol. The van der Waals surface area contributed by atoms with Gasteiger partial charge in [-0.1, -0.05) is 13.8 Å². The third kappa shape index (κ3) is 8.54. The summed E-state index contributed by atoms with van der Waals surface area (Å²) in [6, 6.07) is 0. The molecule has 0 aliphatic rings. The van der Waals surface area contributed by atoms with Crippen LogP contribution in [-0.2, 0) is 4.79 Å². The highest BCUT2D eigenvalue weighted by molar-refractivity contribution is 5.81. The van der Waals surface area contributed by atoms with Crippen molar-refractivity contribution in [3.8, 4) is 0 Å². The van der Waals surface area contributed by atoms with Crippen LogP contribution in [0.25, 0.3) is 0 Å². The van der Waals surface area contributed by atoms with Crippen LogP contribution in [0.3, 0.4) is 0 Å². The average Bonchev–Trinajstić information content (AvgIpc) is 2.25. The zero-order valence-electron chi connectivity index (χ0n) is 11.7. The van der Waals surface area contributed by atoms with Gasteiger partial charge in [0, 0.05) is 40.2 Å². The summed E-state index contributed by atoms with van der Waals surface area (Å²) in [5.41, 5.74) is 0. The van der Waals surface area contributed by atoms with Crippen LogP contribution in [-0.4, -0.2) is 50.5 Å². The number of carbonyl (C=O) groups is 1. The van der Waals surface area contributed by atoms with Crippen molar-refractivity contribution in [3.63, 3.8) is 0 Å². The number of hydrogen-bond donors (Lipinski definition) is 2. The van der Waals surface area contributed by atoms with Crippen molar-refractivity contribution in [1.29, 1.82) is 0 Å². The summed E-state index contributed by atoms with van der Waals surface area (Å²) in [6.07, 6.45) is 0.485. The monoisotopic (exact) mass is 242 g/mol. The van der Waals surface area contributed by atoms with Crippen LogP contribution in [0.4, 0.5) is 0 Å². The first-order valence-corrected chi connectivity index (χ1v) is 6.19. The number of amides is 1. The molecule has 2 N–H and O–H groups in total. The lowest BCUT2D eigenvalue weighted by Gasteiger charge is -2.13. The minimum Gasteiger partial charge on any atom is -0.357 e. The number of nitrogens with one attached hydrogen (secondary N) is 2. The van der Waals surface area contributed by atoms with Crippen molar-refractivity contribution in [2.24, 2.45) is 10.9 Å². The molecule has 0 saturated carbocycles. The van der Waals surface area contributed by atoms with Crippen molar-refractivity contribution < 1.29 is 4.79 Å². The number of guanidine groups is 1. The second-order valence-electron chi connectivity index (χ2n) is 4.58. The topological polar surface area (TPSA) is 56.7 Å². The van der Waals surface area contributed by atoms with Crippen LogP contribution in [0.5, 0.6) is 0 Å². The minimum absolute atomic E-state index is 0.122. The average molecular weight is 242 g/mol. The Labute approximate surface area is 105 Å². The molecule has 0 aromatic heterocycles. The summed E-state index contributed by atoms with van der Waals surface area (Å²) in [7, 11) is 3.53. The van der Waals surface area contributed by atoms with Crippen molar-refractivity contribution in [3.05, 3.63) is 0 Å². The van der Waals surface area contributed by atoms with Gasteiger partial charge in [-0.25, -0.2) is 0 Å². The Balaban J connectivity index is 4.00. The molecule has 0 fully saturated rings. The van der Waals surface area contributed by atoms with Gasteiger partial charge in [-0.15, -0.1) is 0 Å². The van der Waals surface area contributed by atoms with E-state index in [0.29, 0.717) is 18.9 Å². The van der Waals surface area contributed by atoms with Crippen LogP contribution in [0.15, 0.2) is 4.99 Å². The van der Waals surface area contributed by atoms with Crippen LogP contribution in [0.2, 0.25) is 0 Å². The van der Waals surface area contributed by atoms with Crippen LogP contribution in [0.1, 0.15) is 27.2 Å². The van der Waals surface area contributed by atoms with Crippen molar-refractivity contribution in [1.82, 2.24) is 15.5 Å². The normalized spacial score (nSPS) is 11.5. The summed E-state index contributed by atoms with van der Waals surface area (Å²) in [4.78, 5) is 17.4. The summed E-state index contributed by atoms with van der Waals surface area (Å²) < 4.78 is 0. The second-order valence-corrected chi connectivity index (χ2v) is 4.58. The van der Waals surface area contributed by atoms with Gasteiger partial charge < -0.3 is 15.5 Å². The third-order valence-electron chi connectivity index (χ3n) is 2.09. The fourth-order valence-electron chi connectivity index (χ4n) is 1.13. The molecule has 0 rings (SSSR count). The first-order chi connectivity index (χ1) is 7.97. The van der Waals surface area contributed by atoms with Gasteiger partial charge in [0.15, 0.2) is 5.96 Å². The van der Waals surface area contributed by atoms with Crippen LogP contribution in [0, 0.1) is 5.92 Å². The van der Waals surface area contributed by atoms with E-state index in [0.717, 1.165) is 19.0 Å². The van der Waals surface area contributed by atoms with E-state index in [-0.39, 0.29) is 5.91 Å². The molecule has 0 saturated heterocycles. The summed E-state index contributed by atoms with van der Waals surface area (Å²) >= 11 is 0. The van der Waals surface area contributed by atoms with Gasteiger partial charge in [0.2, 0.25) is 5.91 Å². The Morgan fingerprint density at radius 3 is 2.41 bits per heavy atom. The predicted octanol–water partition coefficient (Wildman–Crippen LogP) is 0.676. The van der Waals surface area contributed by atoms with Crippen LogP contribution < -0.4 is 10.6 Å².